The summed E-state index contributed by atoms with van der Waals surface area (Å²) in [6, 6.07) is 19.6. The first-order chi connectivity index (χ1) is 9.93. The molecule has 3 rings (SSSR count). The summed E-state index contributed by atoms with van der Waals surface area (Å²) in [7, 11) is 0. The maximum atomic E-state index is 4.33. The second-order valence-corrected chi connectivity index (χ2v) is 4.96. The molecule has 0 N–H and O–H groups in total. The van der Waals surface area contributed by atoms with Crippen LogP contribution < -0.4 is 0 Å². The lowest BCUT2D eigenvalue weighted by Gasteiger charge is -2.01. The van der Waals surface area contributed by atoms with Crippen LogP contribution in [-0.2, 0) is 11.4 Å². The van der Waals surface area contributed by atoms with Crippen molar-refractivity contribution in [3.8, 4) is 0 Å². The molecule has 0 radical (unpaired) electrons. The molecule has 2 aromatic rings. The van der Waals surface area contributed by atoms with E-state index in [4.69, 9.17) is 0 Å². The van der Waals surface area contributed by atoms with E-state index < -0.39 is 0 Å². The van der Waals surface area contributed by atoms with Crippen molar-refractivity contribution in [1.82, 2.24) is 0 Å². The average Bonchev–Trinajstić information content (AvgIpc) is 2.49. The van der Waals surface area contributed by atoms with Crippen LogP contribution in [0.25, 0.3) is 0 Å². The summed E-state index contributed by atoms with van der Waals surface area (Å²) >= 11 is 2.22. The van der Waals surface area contributed by atoms with Crippen LogP contribution in [0.4, 0.5) is 0 Å². The van der Waals surface area contributed by atoms with Crippen LogP contribution >= 0.6 is 12.1 Å². The zero-order chi connectivity index (χ0) is 13.6. The number of nitrogens with zero attached hydrogens (tertiary/aromatic N) is 4. The zero-order valence-corrected chi connectivity index (χ0v) is 12.0. The van der Waals surface area contributed by atoms with Crippen LogP contribution in [0.3, 0.4) is 0 Å². The van der Waals surface area contributed by atoms with Gasteiger partial charge in [-0.2, -0.15) is 17.5 Å². The Hall–Kier alpha value is -2.05. The molecular weight excluding hydrogens is 288 g/mol. The summed E-state index contributed by atoms with van der Waals surface area (Å²) in [4.78, 5) is 0. The van der Waals surface area contributed by atoms with Crippen molar-refractivity contribution in [2.24, 2.45) is 17.5 Å². The molecule has 0 bridgehead atoms. The summed E-state index contributed by atoms with van der Waals surface area (Å²) < 4.78 is 17.3. The highest BCUT2D eigenvalue weighted by Gasteiger charge is 2.05. The van der Waals surface area contributed by atoms with Crippen molar-refractivity contribution in [2.75, 3.05) is 0 Å². The Labute approximate surface area is 124 Å². The molecule has 2 aromatic carbocycles. The van der Waals surface area contributed by atoms with Crippen LogP contribution in [0.2, 0.25) is 0 Å². The van der Waals surface area contributed by atoms with Crippen molar-refractivity contribution < 1.29 is 0 Å². The van der Waals surface area contributed by atoms with Gasteiger partial charge in [-0.3, -0.25) is 0 Å². The molecule has 0 fully saturated rings. The first-order valence-corrected chi connectivity index (χ1v) is 7.41. The standard InChI is InChI=1S/C14H10N4S2/c1-3-7-11(8-4-1)13-15-19-17-14(18-20-16-13)12-9-5-2-6-10-12/h1-10H/b15-13-,17-14-. The maximum absolute atomic E-state index is 4.33. The molecule has 0 amide bonds. The lowest BCUT2D eigenvalue weighted by Crippen LogP contribution is -1.98. The molecule has 1 heterocycles. The van der Waals surface area contributed by atoms with E-state index in [-0.39, 0.29) is 0 Å². The van der Waals surface area contributed by atoms with E-state index in [1.807, 2.05) is 60.7 Å². The highest BCUT2D eigenvalue weighted by atomic mass is 32.2. The average molecular weight is 298 g/mol. The third-order valence-electron chi connectivity index (χ3n) is 2.57. The fourth-order valence-electron chi connectivity index (χ4n) is 1.61. The van der Waals surface area contributed by atoms with Crippen LogP contribution in [0.1, 0.15) is 11.1 Å². The van der Waals surface area contributed by atoms with Crippen LogP contribution in [0, 0.1) is 0 Å². The van der Waals surface area contributed by atoms with E-state index in [1.165, 1.54) is 0 Å². The van der Waals surface area contributed by atoms with Crippen LogP contribution in [0.15, 0.2) is 78.2 Å². The number of hydrogen-bond donors (Lipinski definition) is 0. The van der Waals surface area contributed by atoms with Gasteiger partial charge in [-0.25, -0.2) is 0 Å². The molecule has 6 heteroatoms. The largest absolute Gasteiger partial charge is 0.183 e. The molecule has 4 nitrogen and oxygen atoms in total. The van der Waals surface area contributed by atoms with Gasteiger partial charge in [0, 0.05) is 11.1 Å². The summed E-state index contributed by atoms with van der Waals surface area (Å²) in [6.45, 7) is 0. The minimum atomic E-state index is 0.639. The minimum Gasteiger partial charge on any atom is -0.171 e. The van der Waals surface area contributed by atoms with Crippen molar-refractivity contribution in [2.45, 2.75) is 0 Å². The third-order valence-corrected chi connectivity index (χ3v) is 3.59. The lowest BCUT2D eigenvalue weighted by molar-refractivity contribution is 1.54. The van der Waals surface area contributed by atoms with Crippen LogP contribution in [0.5, 0.6) is 0 Å². The van der Waals surface area contributed by atoms with Gasteiger partial charge in [-0.15, -0.1) is 0 Å². The molecule has 98 valence electrons. The number of hydrogen-bond acceptors (Lipinski definition) is 5. The fraction of sp³-hybridized carbons (Fsp3) is 0. The van der Waals surface area contributed by atoms with Gasteiger partial charge in [0.25, 0.3) is 0 Å². The Balaban J connectivity index is 1.89. The van der Waals surface area contributed by atoms with E-state index >= 15 is 0 Å². The predicted octanol–water partition coefficient (Wildman–Crippen LogP) is 3.91. The number of rotatable bonds is 2. The predicted molar refractivity (Wildman–Crippen MR) is 85.8 cm³/mol. The van der Waals surface area contributed by atoms with Crippen molar-refractivity contribution in [3.63, 3.8) is 0 Å². The summed E-state index contributed by atoms with van der Waals surface area (Å²) in [5.74, 6) is 1.28. The van der Waals surface area contributed by atoms with E-state index in [1.54, 1.807) is 0 Å². The molecule has 0 saturated carbocycles. The van der Waals surface area contributed by atoms with Gasteiger partial charge in [0.15, 0.2) is 11.7 Å². The molecule has 0 spiro atoms. The quantitative estimate of drug-likeness (QED) is 0.775. The molecule has 20 heavy (non-hydrogen) atoms. The second-order valence-electron chi connectivity index (χ2n) is 3.91. The van der Waals surface area contributed by atoms with Crippen molar-refractivity contribution in [1.29, 1.82) is 0 Å². The molecule has 0 aromatic heterocycles. The third kappa shape index (κ3) is 3.09. The SMILES string of the molecule is c1ccc(/C2=N/S/N=C(/c3ccccc3)N=S=N2)cc1. The topological polar surface area (TPSA) is 49.4 Å². The van der Waals surface area contributed by atoms with E-state index in [9.17, 15) is 0 Å². The highest BCUT2D eigenvalue weighted by Crippen LogP contribution is 2.15. The Morgan fingerprint density at radius 3 is 1.50 bits per heavy atom. The molecule has 1 aliphatic rings. The zero-order valence-electron chi connectivity index (χ0n) is 10.4. The van der Waals surface area contributed by atoms with E-state index in [2.05, 4.69) is 17.5 Å². The van der Waals surface area contributed by atoms with Crippen molar-refractivity contribution >= 4 is 35.2 Å². The molecule has 0 unspecified atom stereocenters. The normalized spacial score (nSPS) is 19.8. The first-order valence-electron chi connectivity index (χ1n) is 5.95. The Morgan fingerprint density at radius 2 is 1.05 bits per heavy atom. The molecule has 1 aliphatic heterocycles. The van der Waals surface area contributed by atoms with E-state index in [0.717, 1.165) is 34.6 Å². The van der Waals surface area contributed by atoms with E-state index in [0.29, 0.717) is 11.7 Å². The Morgan fingerprint density at radius 1 is 0.600 bits per heavy atom. The first kappa shape index (κ1) is 13.0. The number of amidine groups is 2. The second kappa shape index (κ2) is 6.40. The maximum Gasteiger partial charge on any atom is 0.183 e. The Kier molecular flexibility index (Phi) is 4.15. The molecular formula is C14H10N4S2. The van der Waals surface area contributed by atoms with Gasteiger partial charge in [-0.1, -0.05) is 60.7 Å². The smallest absolute Gasteiger partial charge is 0.171 e. The van der Waals surface area contributed by atoms with Gasteiger partial charge in [0.1, 0.15) is 12.1 Å². The monoisotopic (exact) mass is 298 g/mol. The van der Waals surface area contributed by atoms with Crippen LogP contribution in [-0.4, -0.2) is 11.7 Å². The minimum absolute atomic E-state index is 0.639. The van der Waals surface area contributed by atoms with Gasteiger partial charge in [0.05, 0.1) is 11.4 Å². The van der Waals surface area contributed by atoms with Gasteiger partial charge in [0.2, 0.25) is 0 Å². The summed E-state index contributed by atoms with van der Waals surface area (Å²) in [5, 5.41) is 0. The van der Waals surface area contributed by atoms with Crippen molar-refractivity contribution in [3.05, 3.63) is 71.8 Å². The van der Waals surface area contributed by atoms with Gasteiger partial charge < -0.3 is 0 Å². The lowest BCUT2D eigenvalue weighted by atomic mass is 10.2. The number of benzene rings is 2. The van der Waals surface area contributed by atoms with Gasteiger partial charge >= 0.3 is 0 Å². The summed E-state index contributed by atoms with van der Waals surface area (Å²) in [6.07, 6.45) is 0. The highest BCUT2D eigenvalue weighted by molar-refractivity contribution is 7.97. The molecule has 0 atom stereocenters. The Bertz CT molecular complexity index is 658. The summed E-state index contributed by atoms with van der Waals surface area (Å²) in [5.41, 5.74) is 1.92. The van der Waals surface area contributed by atoms with Gasteiger partial charge in [-0.05, 0) is 0 Å². The molecule has 0 saturated heterocycles. The molecule has 0 aliphatic carbocycles. The fourth-order valence-corrected chi connectivity index (χ4v) is 2.69.